The summed E-state index contributed by atoms with van der Waals surface area (Å²) in [5, 5.41) is 3.79. The van der Waals surface area contributed by atoms with Crippen molar-refractivity contribution in [1.82, 2.24) is 5.32 Å². The van der Waals surface area contributed by atoms with Crippen molar-refractivity contribution in [3.63, 3.8) is 0 Å². The van der Waals surface area contributed by atoms with Gasteiger partial charge in [-0.2, -0.15) is 0 Å². The zero-order valence-electron chi connectivity index (χ0n) is 11.2. The highest BCUT2D eigenvalue weighted by Gasteiger charge is 2.11. The minimum Gasteiger partial charge on any atom is -0.316 e. The Morgan fingerprint density at radius 3 is 2.45 bits per heavy atom. The first-order valence-corrected chi connectivity index (χ1v) is 7.90. The maximum atomic E-state index is 13.1. The second-order valence-corrected chi connectivity index (χ2v) is 6.41. The number of likely N-dealkylation sites (N-methyl/N-ethyl adjacent to an activating group) is 1. The molecule has 0 spiro atoms. The molecule has 0 saturated carbocycles. The molecule has 0 aliphatic heterocycles. The molecule has 1 nitrogen and oxygen atoms in total. The molecule has 0 heterocycles. The molecule has 1 N–H and O–H groups in total. The van der Waals surface area contributed by atoms with Gasteiger partial charge in [-0.15, -0.1) is 0 Å². The summed E-state index contributed by atoms with van der Waals surface area (Å²) in [7, 11) is 1.94. The summed E-state index contributed by atoms with van der Waals surface area (Å²) in [5.41, 5.74) is 2.25. The van der Waals surface area contributed by atoms with E-state index in [1.165, 1.54) is 21.3 Å². The Kier molecular flexibility index (Phi) is 5.81. The van der Waals surface area contributed by atoms with Gasteiger partial charge >= 0.3 is 0 Å². The van der Waals surface area contributed by atoms with Crippen molar-refractivity contribution in [2.45, 2.75) is 18.9 Å². The van der Waals surface area contributed by atoms with E-state index in [0.29, 0.717) is 5.02 Å². The summed E-state index contributed by atoms with van der Waals surface area (Å²) in [5.74, 6) is -0.294. The number of nitrogens with one attached hydrogen (secondary N) is 1. The lowest BCUT2D eigenvalue weighted by Gasteiger charge is -2.17. The first-order valence-electron chi connectivity index (χ1n) is 6.44. The monoisotopic (exact) mass is 403 g/mol. The van der Waals surface area contributed by atoms with Crippen LogP contribution in [0.1, 0.15) is 11.1 Å². The second-order valence-electron chi connectivity index (χ2n) is 4.76. The van der Waals surface area contributed by atoms with Crippen molar-refractivity contribution in [2.75, 3.05) is 7.05 Å². The second kappa shape index (κ2) is 7.38. The van der Waals surface area contributed by atoms with Crippen LogP contribution in [0.5, 0.6) is 0 Å². The van der Waals surface area contributed by atoms with Gasteiger partial charge in [0.1, 0.15) is 5.82 Å². The van der Waals surface area contributed by atoms with Crippen LogP contribution < -0.4 is 5.32 Å². The smallest absolute Gasteiger partial charge is 0.124 e. The standard InChI is InChI=1S/C16H16ClFIN/c1-20-15(8-11-2-6-14(19)7-3-11)9-12-4-5-13(18)10-16(12)17/h2-7,10,15,20H,8-9H2,1H3. The first-order chi connectivity index (χ1) is 9.58. The van der Waals surface area contributed by atoms with E-state index in [1.807, 2.05) is 7.05 Å². The molecule has 0 aliphatic carbocycles. The molecule has 0 bridgehead atoms. The van der Waals surface area contributed by atoms with E-state index >= 15 is 0 Å². The van der Waals surface area contributed by atoms with E-state index in [-0.39, 0.29) is 11.9 Å². The Bertz CT molecular complexity index is 571. The zero-order chi connectivity index (χ0) is 14.5. The van der Waals surface area contributed by atoms with E-state index in [0.717, 1.165) is 18.4 Å². The number of hydrogen-bond acceptors (Lipinski definition) is 1. The number of benzene rings is 2. The van der Waals surface area contributed by atoms with Crippen molar-refractivity contribution in [1.29, 1.82) is 0 Å². The summed E-state index contributed by atoms with van der Waals surface area (Å²) in [6, 6.07) is 13.3. The van der Waals surface area contributed by atoms with Crippen molar-refractivity contribution in [2.24, 2.45) is 0 Å². The first kappa shape index (κ1) is 15.7. The Morgan fingerprint density at radius 2 is 1.85 bits per heavy atom. The molecule has 0 radical (unpaired) electrons. The molecule has 0 aliphatic rings. The molecule has 2 aromatic carbocycles. The zero-order valence-corrected chi connectivity index (χ0v) is 14.1. The summed E-state index contributed by atoms with van der Waals surface area (Å²) < 4.78 is 14.3. The number of halogens is 3. The summed E-state index contributed by atoms with van der Waals surface area (Å²) in [6.07, 6.45) is 1.70. The Morgan fingerprint density at radius 1 is 1.15 bits per heavy atom. The van der Waals surface area contributed by atoms with Crippen LogP contribution in [-0.4, -0.2) is 13.1 Å². The Labute approximate surface area is 137 Å². The maximum absolute atomic E-state index is 13.1. The van der Waals surface area contributed by atoms with Gasteiger partial charge < -0.3 is 5.32 Å². The fourth-order valence-electron chi connectivity index (χ4n) is 2.13. The Hall–Kier alpha value is -0.650. The molecular formula is C16H16ClFIN. The third-order valence-corrected chi connectivity index (χ3v) is 4.36. The number of rotatable bonds is 5. The van der Waals surface area contributed by atoms with Crippen LogP contribution in [0.3, 0.4) is 0 Å². The molecule has 0 saturated heterocycles. The molecule has 0 fully saturated rings. The Balaban J connectivity index is 2.07. The fraction of sp³-hybridized carbons (Fsp3) is 0.250. The van der Waals surface area contributed by atoms with Gasteiger partial charge in [0.25, 0.3) is 0 Å². The van der Waals surface area contributed by atoms with E-state index in [4.69, 9.17) is 11.6 Å². The van der Waals surface area contributed by atoms with E-state index in [9.17, 15) is 4.39 Å². The highest BCUT2D eigenvalue weighted by molar-refractivity contribution is 14.1. The third-order valence-electron chi connectivity index (χ3n) is 3.29. The molecule has 20 heavy (non-hydrogen) atoms. The largest absolute Gasteiger partial charge is 0.316 e. The molecule has 0 aromatic heterocycles. The molecule has 1 atom stereocenters. The predicted octanol–water partition coefficient (Wildman–Crippen LogP) is 4.46. The lowest BCUT2D eigenvalue weighted by Crippen LogP contribution is -2.30. The summed E-state index contributed by atoms with van der Waals surface area (Å²) in [4.78, 5) is 0. The van der Waals surface area contributed by atoms with Crippen molar-refractivity contribution in [3.05, 3.63) is 68.0 Å². The third kappa shape index (κ3) is 4.43. The van der Waals surface area contributed by atoms with Crippen LogP contribution in [-0.2, 0) is 12.8 Å². The summed E-state index contributed by atoms with van der Waals surface area (Å²) >= 11 is 8.38. The highest BCUT2D eigenvalue weighted by atomic mass is 127. The maximum Gasteiger partial charge on any atom is 0.124 e. The van der Waals surface area contributed by atoms with Crippen molar-refractivity contribution >= 4 is 34.2 Å². The molecule has 106 valence electrons. The average Bonchev–Trinajstić information content (AvgIpc) is 2.43. The minimum atomic E-state index is -0.294. The van der Waals surface area contributed by atoms with Gasteiger partial charge in [0.2, 0.25) is 0 Å². The summed E-state index contributed by atoms with van der Waals surface area (Å²) in [6.45, 7) is 0. The molecule has 2 rings (SSSR count). The van der Waals surface area contributed by atoms with Gasteiger partial charge in [-0.05, 0) is 77.9 Å². The van der Waals surface area contributed by atoms with Crippen molar-refractivity contribution in [3.8, 4) is 0 Å². The van der Waals surface area contributed by atoms with Gasteiger partial charge in [0, 0.05) is 14.6 Å². The van der Waals surface area contributed by atoms with Gasteiger partial charge in [-0.25, -0.2) is 4.39 Å². The van der Waals surface area contributed by atoms with Gasteiger partial charge in [0.05, 0.1) is 0 Å². The molecular weight excluding hydrogens is 388 g/mol. The highest BCUT2D eigenvalue weighted by Crippen LogP contribution is 2.20. The van der Waals surface area contributed by atoms with E-state index < -0.39 is 0 Å². The number of hydrogen-bond donors (Lipinski definition) is 1. The van der Waals surface area contributed by atoms with Crippen LogP contribution in [0.15, 0.2) is 42.5 Å². The predicted molar refractivity (Wildman–Crippen MR) is 90.8 cm³/mol. The SMILES string of the molecule is CNC(Cc1ccc(I)cc1)Cc1ccc(F)cc1Cl. The average molecular weight is 404 g/mol. The molecule has 2 aromatic rings. The van der Waals surface area contributed by atoms with Gasteiger partial charge in [-0.1, -0.05) is 29.8 Å². The van der Waals surface area contributed by atoms with Crippen LogP contribution in [0.4, 0.5) is 4.39 Å². The quantitative estimate of drug-likeness (QED) is 0.727. The molecule has 0 amide bonds. The lowest BCUT2D eigenvalue weighted by molar-refractivity contribution is 0.555. The van der Waals surface area contributed by atoms with Gasteiger partial charge in [0.15, 0.2) is 0 Å². The van der Waals surface area contributed by atoms with Crippen LogP contribution in [0.2, 0.25) is 5.02 Å². The topological polar surface area (TPSA) is 12.0 Å². The van der Waals surface area contributed by atoms with E-state index in [1.54, 1.807) is 6.07 Å². The van der Waals surface area contributed by atoms with Crippen molar-refractivity contribution < 1.29 is 4.39 Å². The van der Waals surface area contributed by atoms with Crippen LogP contribution in [0.25, 0.3) is 0 Å². The minimum absolute atomic E-state index is 0.276. The van der Waals surface area contributed by atoms with Crippen LogP contribution >= 0.6 is 34.2 Å². The van der Waals surface area contributed by atoms with Crippen LogP contribution in [0, 0.1) is 9.39 Å². The van der Waals surface area contributed by atoms with Gasteiger partial charge in [-0.3, -0.25) is 0 Å². The molecule has 1 unspecified atom stereocenters. The normalized spacial score (nSPS) is 12.4. The lowest BCUT2D eigenvalue weighted by atomic mass is 9.99. The van der Waals surface area contributed by atoms with E-state index in [2.05, 4.69) is 52.2 Å². The fourth-order valence-corrected chi connectivity index (χ4v) is 2.74. The molecule has 4 heteroatoms.